The molecule has 1 aromatic heterocycles. The first-order valence-electron chi connectivity index (χ1n) is 9.51. The number of hydrogen-bond acceptors (Lipinski definition) is 5. The van der Waals surface area contributed by atoms with Gasteiger partial charge in [-0.1, -0.05) is 12.1 Å². The molecule has 0 unspecified atom stereocenters. The van der Waals surface area contributed by atoms with E-state index in [-0.39, 0.29) is 17.3 Å². The van der Waals surface area contributed by atoms with Crippen LogP contribution in [0.15, 0.2) is 42.7 Å². The molecule has 2 heterocycles. The molecule has 1 aliphatic rings. The van der Waals surface area contributed by atoms with Gasteiger partial charge >= 0.3 is 11.8 Å². The molecule has 1 atom stereocenters. The van der Waals surface area contributed by atoms with E-state index >= 15 is 0 Å². The molecule has 152 valence electrons. The SMILES string of the molecule is CN(C)c1cccc([C@H]2CCCCN2C(=O)C(=O)Nc2cncc(C(N)=O)c2)c1. The summed E-state index contributed by atoms with van der Waals surface area (Å²) < 4.78 is 0. The van der Waals surface area contributed by atoms with Crippen LogP contribution in [-0.4, -0.2) is 48.2 Å². The highest BCUT2D eigenvalue weighted by Crippen LogP contribution is 2.32. The number of primary amides is 1. The molecule has 1 aliphatic heterocycles. The van der Waals surface area contributed by atoms with E-state index in [9.17, 15) is 14.4 Å². The third-order valence-electron chi connectivity index (χ3n) is 5.01. The van der Waals surface area contributed by atoms with E-state index in [1.807, 2.05) is 37.2 Å². The van der Waals surface area contributed by atoms with Crippen molar-refractivity contribution in [2.45, 2.75) is 25.3 Å². The average molecular weight is 395 g/mol. The van der Waals surface area contributed by atoms with Crippen molar-refractivity contribution in [3.63, 3.8) is 0 Å². The number of carbonyl (C=O) groups excluding carboxylic acids is 3. The zero-order valence-electron chi connectivity index (χ0n) is 16.6. The van der Waals surface area contributed by atoms with E-state index in [0.29, 0.717) is 6.54 Å². The number of nitrogens with two attached hydrogens (primary N) is 1. The van der Waals surface area contributed by atoms with Gasteiger partial charge in [-0.3, -0.25) is 19.4 Å². The van der Waals surface area contributed by atoms with Gasteiger partial charge in [-0.05, 0) is 43.0 Å². The second kappa shape index (κ2) is 8.72. The maximum Gasteiger partial charge on any atom is 0.313 e. The Morgan fingerprint density at radius 2 is 1.97 bits per heavy atom. The lowest BCUT2D eigenvalue weighted by Crippen LogP contribution is -2.44. The Morgan fingerprint density at radius 3 is 2.69 bits per heavy atom. The van der Waals surface area contributed by atoms with Crippen LogP contribution in [0.5, 0.6) is 0 Å². The number of aromatic nitrogens is 1. The maximum absolute atomic E-state index is 12.9. The van der Waals surface area contributed by atoms with Gasteiger partial charge in [0.25, 0.3) is 0 Å². The monoisotopic (exact) mass is 395 g/mol. The molecule has 0 radical (unpaired) electrons. The summed E-state index contributed by atoms with van der Waals surface area (Å²) in [7, 11) is 3.93. The van der Waals surface area contributed by atoms with Crippen molar-refractivity contribution in [3.05, 3.63) is 53.9 Å². The normalized spacial score (nSPS) is 16.2. The molecule has 1 fully saturated rings. The summed E-state index contributed by atoms with van der Waals surface area (Å²) >= 11 is 0. The van der Waals surface area contributed by atoms with Crippen LogP contribution in [-0.2, 0) is 9.59 Å². The summed E-state index contributed by atoms with van der Waals surface area (Å²) in [6.07, 6.45) is 5.31. The molecule has 1 aromatic carbocycles. The highest BCUT2D eigenvalue weighted by atomic mass is 16.2. The Kier molecular flexibility index (Phi) is 6.11. The van der Waals surface area contributed by atoms with Gasteiger partial charge < -0.3 is 20.9 Å². The van der Waals surface area contributed by atoms with Crippen molar-refractivity contribution < 1.29 is 14.4 Å². The van der Waals surface area contributed by atoms with Gasteiger partial charge in [-0.2, -0.15) is 0 Å². The Labute approximate surface area is 169 Å². The summed E-state index contributed by atoms with van der Waals surface area (Å²) in [5.74, 6) is -2.02. The predicted molar refractivity (Wildman–Crippen MR) is 110 cm³/mol. The van der Waals surface area contributed by atoms with E-state index in [2.05, 4.69) is 16.4 Å². The molecule has 8 nitrogen and oxygen atoms in total. The molecular formula is C21H25N5O3. The summed E-state index contributed by atoms with van der Waals surface area (Å²) in [6, 6.07) is 9.24. The molecule has 3 amide bonds. The first-order chi connectivity index (χ1) is 13.9. The van der Waals surface area contributed by atoms with Crippen molar-refractivity contribution in [2.24, 2.45) is 5.73 Å². The van der Waals surface area contributed by atoms with Crippen LogP contribution in [0.1, 0.15) is 41.2 Å². The van der Waals surface area contributed by atoms with Crippen LogP contribution in [0.2, 0.25) is 0 Å². The number of piperidine rings is 1. The fraction of sp³-hybridized carbons (Fsp3) is 0.333. The van der Waals surface area contributed by atoms with Crippen LogP contribution in [0.3, 0.4) is 0 Å². The minimum Gasteiger partial charge on any atom is -0.378 e. The molecule has 2 aromatic rings. The van der Waals surface area contributed by atoms with Crippen molar-refractivity contribution in [1.82, 2.24) is 9.88 Å². The van der Waals surface area contributed by atoms with E-state index < -0.39 is 17.7 Å². The lowest BCUT2D eigenvalue weighted by atomic mass is 9.94. The smallest absolute Gasteiger partial charge is 0.313 e. The molecule has 1 saturated heterocycles. The van der Waals surface area contributed by atoms with Crippen LogP contribution < -0.4 is 16.0 Å². The number of anilines is 2. The largest absolute Gasteiger partial charge is 0.378 e. The van der Waals surface area contributed by atoms with Gasteiger partial charge in [0.05, 0.1) is 23.5 Å². The standard InChI is InChI=1S/C21H25N5O3/c1-25(2)17-7-5-6-14(11-17)18-8-3-4-9-26(18)21(29)20(28)24-16-10-15(19(22)27)12-23-13-16/h5-7,10-13,18H,3-4,8-9H2,1-2H3,(H2,22,27)(H,24,28)/t18-/m1/s1. The first-order valence-corrected chi connectivity index (χ1v) is 9.51. The summed E-state index contributed by atoms with van der Waals surface area (Å²) in [6.45, 7) is 0.517. The number of carbonyl (C=O) groups is 3. The average Bonchev–Trinajstić information content (AvgIpc) is 2.73. The number of pyridine rings is 1. The molecular weight excluding hydrogens is 370 g/mol. The molecule has 0 saturated carbocycles. The molecule has 29 heavy (non-hydrogen) atoms. The first kappa shape index (κ1) is 20.3. The molecule has 8 heteroatoms. The summed E-state index contributed by atoms with van der Waals surface area (Å²) in [4.78, 5) is 44.3. The van der Waals surface area contributed by atoms with Crippen molar-refractivity contribution in [3.8, 4) is 0 Å². The van der Waals surface area contributed by atoms with Crippen molar-refractivity contribution >= 4 is 29.1 Å². The maximum atomic E-state index is 12.9. The highest BCUT2D eigenvalue weighted by Gasteiger charge is 2.32. The lowest BCUT2D eigenvalue weighted by molar-refractivity contribution is -0.145. The fourth-order valence-corrected chi connectivity index (χ4v) is 3.49. The number of benzene rings is 1. The van der Waals surface area contributed by atoms with Gasteiger partial charge in [-0.15, -0.1) is 0 Å². The summed E-state index contributed by atoms with van der Waals surface area (Å²) in [5, 5.41) is 2.53. The molecule has 3 rings (SSSR count). The number of likely N-dealkylation sites (tertiary alicyclic amines) is 1. The zero-order valence-corrected chi connectivity index (χ0v) is 16.6. The topological polar surface area (TPSA) is 109 Å². The second-order valence-corrected chi connectivity index (χ2v) is 7.28. The Morgan fingerprint density at radius 1 is 1.17 bits per heavy atom. The van der Waals surface area contributed by atoms with Crippen molar-refractivity contribution in [2.75, 3.05) is 30.9 Å². The van der Waals surface area contributed by atoms with E-state index in [1.54, 1.807) is 4.90 Å². The fourth-order valence-electron chi connectivity index (χ4n) is 3.49. The Balaban J connectivity index is 1.78. The lowest BCUT2D eigenvalue weighted by Gasteiger charge is -2.36. The van der Waals surface area contributed by atoms with E-state index in [4.69, 9.17) is 5.73 Å². The molecule has 3 N–H and O–H groups in total. The van der Waals surface area contributed by atoms with Crippen LogP contribution in [0.25, 0.3) is 0 Å². The minimum atomic E-state index is -0.760. The van der Waals surface area contributed by atoms with Gasteiger partial charge in [0.2, 0.25) is 5.91 Å². The van der Waals surface area contributed by atoms with Gasteiger partial charge in [0.1, 0.15) is 0 Å². The Hall–Kier alpha value is -3.42. The van der Waals surface area contributed by atoms with Crippen molar-refractivity contribution in [1.29, 1.82) is 0 Å². The second-order valence-electron chi connectivity index (χ2n) is 7.28. The van der Waals surface area contributed by atoms with E-state index in [0.717, 1.165) is 30.5 Å². The van der Waals surface area contributed by atoms with Crippen LogP contribution in [0, 0.1) is 0 Å². The number of rotatable bonds is 4. The highest BCUT2D eigenvalue weighted by molar-refractivity contribution is 6.39. The number of amides is 3. The summed E-state index contributed by atoms with van der Waals surface area (Å²) in [5.41, 5.74) is 7.70. The number of nitrogens with one attached hydrogen (secondary N) is 1. The van der Waals surface area contributed by atoms with Gasteiger partial charge in [0.15, 0.2) is 0 Å². The third-order valence-corrected chi connectivity index (χ3v) is 5.01. The predicted octanol–water partition coefficient (Wildman–Crippen LogP) is 1.94. The van der Waals surface area contributed by atoms with E-state index in [1.165, 1.54) is 18.5 Å². The van der Waals surface area contributed by atoms with Crippen LogP contribution in [0.4, 0.5) is 11.4 Å². The molecule has 0 bridgehead atoms. The third kappa shape index (κ3) is 4.71. The van der Waals surface area contributed by atoms with Crippen LogP contribution >= 0.6 is 0 Å². The number of nitrogens with zero attached hydrogens (tertiary/aromatic N) is 3. The van der Waals surface area contributed by atoms with Gasteiger partial charge in [0, 0.05) is 32.5 Å². The molecule has 0 spiro atoms. The van der Waals surface area contributed by atoms with Gasteiger partial charge in [-0.25, -0.2) is 0 Å². The number of hydrogen-bond donors (Lipinski definition) is 2. The minimum absolute atomic E-state index is 0.156. The zero-order chi connectivity index (χ0) is 21.0. The molecule has 0 aliphatic carbocycles. The Bertz CT molecular complexity index is 928. The quantitative estimate of drug-likeness (QED) is 0.769.